The van der Waals surface area contributed by atoms with Gasteiger partial charge in [-0.1, -0.05) is 84.9 Å². The second-order valence-electron chi connectivity index (χ2n) is 9.35. The molecule has 7 heteroatoms. The molecule has 2 aliphatic heterocycles. The first-order chi connectivity index (χ1) is 19.3. The van der Waals surface area contributed by atoms with E-state index >= 15 is 0 Å². The Bertz CT molecular complexity index is 1550. The molecule has 0 amide bonds. The summed E-state index contributed by atoms with van der Waals surface area (Å²) in [6.07, 6.45) is 0. The third kappa shape index (κ3) is 4.48. The first-order valence-electron chi connectivity index (χ1n) is 12.9. The molecule has 39 heavy (non-hydrogen) atoms. The van der Waals surface area contributed by atoms with Crippen molar-refractivity contribution >= 4 is 11.8 Å². The first kappa shape index (κ1) is 23.1. The summed E-state index contributed by atoms with van der Waals surface area (Å²) in [5, 5.41) is 8.79. The van der Waals surface area contributed by atoms with Gasteiger partial charge in [0.05, 0.1) is 11.1 Å². The van der Waals surface area contributed by atoms with Gasteiger partial charge in [0, 0.05) is 11.1 Å². The van der Waals surface area contributed by atoms with Crippen molar-refractivity contribution in [3.63, 3.8) is 0 Å². The van der Waals surface area contributed by atoms with E-state index in [0.717, 1.165) is 33.4 Å². The maximum Gasteiger partial charge on any atom is 0.248 e. The molecule has 5 aromatic rings. The number of aliphatic imine (C=N–C) groups is 2. The summed E-state index contributed by atoms with van der Waals surface area (Å²) in [5.74, 6) is 1.92. The maximum absolute atomic E-state index is 6.24. The van der Waals surface area contributed by atoms with Crippen molar-refractivity contribution in [3.05, 3.63) is 131 Å². The van der Waals surface area contributed by atoms with Gasteiger partial charge in [-0.15, -0.1) is 10.2 Å². The fourth-order valence-corrected chi connectivity index (χ4v) is 4.89. The predicted octanol–water partition coefficient (Wildman–Crippen LogP) is 6.44. The van der Waals surface area contributed by atoms with E-state index < -0.39 is 0 Å². The summed E-state index contributed by atoms with van der Waals surface area (Å²) in [6.45, 7) is 0.977. The molecule has 0 N–H and O–H groups in total. The lowest BCUT2D eigenvalue weighted by Crippen LogP contribution is -2.03. The third-order valence-electron chi connectivity index (χ3n) is 6.87. The van der Waals surface area contributed by atoms with E-state index in [1.807, 2.05) is 84.9 Å². The van der Waals surface area contributed by atoms with Gasteiger partial charge in [-0.05, 0) is 35.4 Å². The molecule has 2 unspecified atom stereocenters. The highest BCUT2D eigenvalue weighted by molar-refractivity contribution is 6.02. The molecule has 0 bridgehead atoms. The molecular formula is C32H24N4O3. The van der Waals surface area contributed by atoms with Crippen LogP contribution in [-0.4, -0.2) is 35.2 Å². The van der Waals surface area contributed by atoms with Gasteiger partial charge in [0.1, 0.15) is 25.3 Å². The molecular weight excluding hydrogens is 488 g/mol. The van der Waals surface area contributed by atoms with Gasteiger partial charge in [0.2, 0.25) is 23.6 Å². The Kier molecular flexibility index (Phi) is 5.94. The van der Waals surface area contributed by atoms with Crippen LogP contribution in [0.1, 0.15) is 34.3 Å². The molecule has 0 aliphatic carbocycles. The van der Waals surface area contributed by atoms with Crippen molar-refractivity contribution < 1.29 is 13.9 Å². The Morgan fingerprint density at radius 2 is 0.846 bits per heavy atom. The lowest BCUT2D eigenvalue weighted by Gasteiger charge is -2.06. The van der Waals surface area contributed by atoms with Crippen molar-refractivity contribution in [2.75, 3.05) is 13.2 Å². The molecule has 0 radical (unpaired) electrons. The lowest BCUT2D eigenvalue weighted by molar-refractivity contribution is 0.319. The highest BCUT2D eigenvalue weighted by Crippen LogP contribution is 2.33. The fraction of sp³-hybridized carbons (Fsp3) is 0.125. The van der Waals surface area contributed by atoms with Crippen LogP contribution >= 0.6 is 0 Å². The normalized spacial score (nSPS) is 18.3. The smallest absolute Gasteiger partial charge is 0.248 e. The van der Waals surface area contributed by atoms with Gasteiger partial charge < -0.3 is 13.9 Å². The topological polar surface area (TPSA) is 82.1 Å². The zero-order chi connectivity index (χ0) is 26.0. The summed E-state index contributed by atoms with van der Waals surface area (Å²) in [7, 11) is 0. The summed E-state index contributed by atoms with van der Waals surface area (Å²) >= 11 is 0. The lowest BCUT2D eigenvalue weighted by atomic mass is 10.1. The number of rotatable bonds is 6. The molecule has 3 heterocycles. The molecule has 4 aromatic carbocycles. The average Bonchev–Trinajstić information content (AvgIpc) is 3.79. The zero-order valence-electron chi connectivity index (χ0n) is 21.0. The molecule has 7 rings (SSSR count). The van der Waals surface area contributed by atoms with Gasteiger partial charge >= 0.3 is 0 Å². The van der Waals surface area contributed by atoms with Gasteiger partial charge in [-0.25, -0.2) is 9.98 Å². The minimum atomic E-state index is -0.0497. The first-order valence-corrected chi connectivity index (χ1v) is 12.9. The quantitative estimate of drug-likeness (QED) is 0.262. The summed E-state index contributed by atoms with van der Waals surface area (Å²) < 4.78 is 18.3. The van der Waals surface area contributed by atoms with E-state index in [9.17, 15) is 0 Å². The van der Waals surface area contributed by atoms with Crippen LogP contribution in [0.25, 0.3) is 22.9 Å². The number of hydrogen-bond donors (Lipinski definition) is 0. The summed E-state index contributed by atoms with van der Waals surface area (Å²) in [6, 6.07) is 35.8. The van der Waals surface area contributed by atoms with Gasteiger partial charge in [-0.2, -0.15) is 0 Å². The third-order valence-corrected chi connectivity index (χ3v) is 6.87. The Morgan fingerprint density at radius 1 is 0.462 bits per heavy atom. The van der Waals surface area contributed by atoms with E-state index in [-0.39, 0.29) is 12.1 Å². The van der Waals surface area contributed by atoms with Crippen molar-refractivity contribution in [2.24, 2.45) is 9.98 Å². The molecule has 2 atom stereocenters. The summed E-state index contributed by atoms with van der Waals surface area (Å²) in [5.41, 5.74) is 5.39. The number of ether oxygens (including phenoxy) is 2. The van der Waals surface area contributed by atoms with Crippen LogP contribution in [0.15, 0.2) is 124 Å². The van der Waals surface area contributed by atoms with Gasteiger partial charge in [0.25, 0.3) is 0 Å². The summed E-state index contributed by atoms with van der Waals surface area (Å²) in [4.78, 5) is 9.70. The highest BCUT2D eigenvalue weighted by Gasteiger charge is 2.27. The van der Waals surface area contributed by atoms with Crippen LogP contribution in [0.4, 0.5) is 0 Å². The predicted molar refractivity (Wildman–Crippen MR) is 149 cm³/mol. The van der Waals surface area contributed by atoms with Crippen LogP contribution in [0.2, 0.25) is 0 Å². The van der Waals surface area contributed by atoms with E-state index in [4.69, 9.17) is 23.9 Å². The van der Waals surface area contributed by atoms with E-state index in [1.54, 1.807) is 0 Å². The minimum Gasteiger partial charge on any atom is -0.475 e. The number of hydrogen-bond acceptors (Lipinski definition) is 7. The zero-order valence-corrected chi connectivity index (χ0v) is 21.0. The maximum atomic E-state index is 6.24. The molecule has 0 saturated heterocycles. The molecule has 0 spiro atoms. The fourth-order valence-electron chi connectivity index (χ4n) is 4.89. The molecule has 7 nitrogen and oxygen atoms in total. The Morgan fingerprint density at radius 3 is 1.28 bits per heavy atom. The second-order valence-corrected chi connectivity index (χ2v) is 9.35. The molecule has 2 aliphatic rings. The molecule has 0 fully saturated rings. The molecule has 1 aromatic heterocycles. The largest absolute Gasteiger partial charge is 0.475 e. The van der Waals surface area contributed by atoms with Crippen molar-refractivity contribution in [1.82, 2.24) is 10.2 Å². The average molecular weight is 513 g/mol. The van der Waals surface area contributed by atoms with Crippen molar-refractivity contribution in [1.29, 1.82) is 0 Å². The van der Waals surface area contributed by atoms with Crippen LogP contribution in [0, 0.1) is 0 Å². The van der Waals surface area contributed by atoms with Gasteiger partial charge in [-0.3, -0.25) is 0 Å². The van der Waals surface area contributed by atoms with Crippen molar-refractivity contribution in [3.8, 4) is 22.9 Å². The van der Waals surface area contributed by atoms with Crippen molar-refractivity contribution in [2.45, 2.75) is 12.1 Å². The number of aromatic nitrogens is 2. The number of nitrogens with zero attached hydrogens (tertiary/aromatic N) is 4. The number of benzene rings is 4. The van der Waals surface area contributed by atoms with E-state index in [2.05, 4.69) is 34.5 Å². The monoisotopic (exact) mass is 512 g/mol. The van der Waals surface area contributed by atoms with Crippen LogP contribution < -0.4 is 0 Å². The van der Waals surface area contributed by atoms with Crippen LogP contribution in [-0.2, 0) is 9.47 Å². The standard InChI is InChI=1S/C32H24N4O3/c1-3-11-21(12-4-1)27-19-37-29(33-27)23-15-7-9-17-25(23)31-35-36-32(39-31)26-18-10-8-16-24(26)30-34-28(20-38-30)22-13-5-2-6-14-22/h1-18,27-28H,19-20H2. The van der Waals surface area contributed by atoms with Gasteiger partial charge in [0.15, 0.2) is 0 Å². The van der Waals surface area contributed by atoms with Crippen LogP contribution in [0.3, 0.4) is 0 Å². The molecule has 0 saturated carbocycles. The van der Waals surface area contributed by atoms with E-state index in [1.165, 1.54) is 0 Å². The SMILES string of the molecule is c1ccc(C2COC(c3ccccc3-c3nnc(-c4ccccc4C4=NC(c5ccccc5)CO4)o3)=N2)cc1. The molecule has 190 valence electrons. The highest BCUT2D eigenvalue weighted by atomic mass is 16.5. The second kappa shape index (κ2) is 10.0. The van der Waals surface area contributed by atoms with Crippen LogP contribution in [0.5, 0.6) is 0 Å². The Hall–Kier alpha value is -5.04. The Balaban J connectivity index is 1.20. The Labute approximate surface area is 225 Å². The minimum absolute atomic E-state index is 0.0497. The van der Waals surface area contributed by atoms with E-state index in [0.29, 0.717) is 36.8 Å².